The molecule has 1 aliphatic heterocycles. The van der Waals surface area contributed by atoms with Crippen molar-refractivity contribution in [1.29, 1.82) is 0 Å². The first-order chi connectivity index (χ1) is 11.0. The third kappa shape index (κ3) is 3.24. The second-order valence-corrected chi connectivity index (χ2v) is 6.08. The van der Waals surface area contributed by atoms with Crippen LogP contribution < -0.4 is 15.5 Å². The first-order valence-corrected chi connectivity index (χ1v) is 7.74. The Bertz CT molecular complexity index is 675. The third-order valence-corrected chi connectivity index (χ3v) is 4.34. The molecule has 1 heterocycles. The van der Waals surface area contributed by atoms with E-state index in [1.54, 1.807) is 6.07 Å². The van der Waals surface area contributed by atoms with Gasteiger partial charge in [0, 0.05) is 18.8 Å². The number of carbonyl (C=O) groups excluding carboxylic acids is 2. The van der Waals surface area contributed by atoms with Crippen LogP contribution in [0.3, 0.4) is 0 Å². The monoisotopic (exact) mass is 337 g/mol. The van der Waals surface area contributed by atoms with Gasteiger partial charge in [0.25, 0.3) is 5.91 Å². The zero-order valence-corrected chi connectivity index (χ0v) is 13.0. The van der Waals surface area contributed by atoms with Gasteiger partial charge in [0.2, 0.25) is 0 Å². The molecule has 3 amide bonds. The standard InChI is InChI=1S/C15H16ClN3O4/c16-11-4-3-9(19-6-5-17-15(19)23)7-10(11)13(20)18-12(14(21)22)8-1-2-8/h3-4,7-8,12H,1-2,5-6H2,(H,17,23)(H,18,20)(H,21,22). The number of urea groups is 1. The van der Waals surface area contributed by atoms with Crippen molar-refractivity contribution < 1.29 is 19.5 Å². The quantitative estimate of drug-likeness (QED) is 0.757. The molecule has 2 aliphatic rings. The number of benzene rings is 1. The maximum absolute atomic E-state index is 12.4. The fourth-order valence-corrected chi connectivity index (χ4v) is 2.81. The number of amides is 3. The first kappa shape index (κ1) is 15.6. The zero-order valence-electron chi connectivity index (χ0n) is 12.2. The summed E-state index contributed by atoms with van der Waals surface area (Å²) in [6.45, 7) is 1.03. The van der Waals surface area contributed by atoms with Crippen LogP contribution in [0.4, 0.5) is 10.5 Å². The van der Waals surface area contributed by atoms with Crippen molar-refractivity contribution in [1.82, 2.24) is 10.6 Å². The van der Waals surface area contributed by atoms with E-state index in [2.05, 4.69) is 10.6 Å². The Hall–Kier alpha value is -2.28. The summed E-state index contributed by atoms with van der Waals surface area (Å²) in [5.74, 6) is -1.62. The molecule has 1 atom stereocenters. The summed E-state index contributed by atoms with van der Waals surface area (Å²) in [7, 11) is 0. The lowest BCUT2D eigenvalue weighted by atomic mass is 10.1. The Morgan fingerprint density at radius 1 is 1.39 bits per heavy atom. The number of nitrogens with one attached hydrogen (secondary N) is 2. The molecule has 1 aromatic carbocycles. The largest absolute Gasteiger partial charge is 0.480 e. The number of anilines is 1. The number of halogens is 1. The lowest BCUT2D eigenvalue weighted by Gasteiger charge is -2.17. The number of hydrogen-bond donors (Lipinski definition) is 3. The van der Waals surface area contributed by atoms with Crippen LogP contribution in [0.2, 0.25) is 5.02 Å². The van der Waals surface area contributed by atoms with Crippen LogP contribution in [-0.4, -0.2) is 42.1 Å². The Morgan fingerprint density at radius 2 is 2.13 bits per heavy atom. The average molecular weight is 338 g/mol. The van der Waals surface area contributed by atoms with E-state index in [9.17, 15) is 19.5 Å². The predicted octanol–water partition coefficient (Wildman–Crippen LogP) is 1.46. The summed E-state index contributed by atoms with van der Waals surface area (Å²) < 4.78 is 0. The molecular weight excluding hydrogens is 322 g/mol. The molecule has 7 nitrogen and oxygen atoms in total. The second kappa shape index (κ2) is 6.08. The van der Waals surface area contributed by atoms with Gasteiger partial charge in [-0.25, -0.2) is 9.59 Å². The molecule has 8 heteroatoms. The van der Waals surface area contributed by atoms with E-state index in [4.69, 9.17) is 11.6 Å². The van der Waals surface area contributed by atoms with E-state index in [-0.39, 0.29) is 22.5 Å². The van der Waals surface area contributed by atoms with Gasteiger partial charge in [-0.15, -0.1) is 0 Å². The van der Waals surface area contributed by atoms with E-state index in [1.807, 2.05) is 0 Å². The fourth-order valence-electron chi connectivity index (χ4n) is 2.60. The Labute approximate surface area is 137 Å². The number of aliphatic carboxylic acids is 1. The fraction of sp³-hybridized carbons (Fsp3) is 0.400. The molecule has 0 bridgehead atoms. The molecule has 2 fully saturated rings. The van der Waals surface area contributed by atoms with Crippen LogP contribution in [0.25, 0.3) is 0 Å². The minimum atomic E-state index is -1.05. The van der Waals surface area contributed by atoms with Crippen molar-refractivity contribution in [3.05, 3.63) is 28.8 Å². The molecule has 23 heavy (non-hydrogen) atoms. The maximum Gasteiger partial charge on any atom is 0.326 e. The number of carbonyl (C=O) groups is 3. The zero-order chi connectivity index (χ0) is 16.6. The van der Waals surface area contributed by atoms with E-state index in [0.29, 0.717) is 18.8 Å². The van der Waals surface area contributed by atoms with Gasteiger partial charge in [0.05, 0.1) is 10.6 Å². The minimum absolute atomic E-state index is 0.0252. The molecule has 0 aromatic heterocycles. The number of carboxylic acid groups (broad SMARTS) is 1. The number of hydrogen-bond acceptors (Lipinski definition) is 3. The van der Waals surface area contributed by atoms with Crippen molar-refractivity contribution in [2.75, 3.05) is 18.0 Å². The van der Waals surface area contributed by atoms with Gasteiger partial charge >= 0.3 is 12.0 Å². The summed E-state index contributed by atoms with van der Waals surface area (Å²) >= 11 is 6.07. The molecule has 1 saturated carbocycles. The van der Waals surface area contributed by atoms with E-state index >= 15 is 0 Å². The molecule has 3 N–H and O–H groups in total. The highest BCUT2D eigenvalue weighted by Gasteiger charge is 2.37. The Kier molecular flexibility index (Phi) is 4.12. The van der Waals surface area contributed by atoms with Gasteiger partial charge in [-0.2, -0.15) is 0 Å². The molecule has 1 saturated heterocycles. The first-order valence-electron chi connectivity index (χ1n) is 7.36. The summed E-state index contributed by atoms with van der Waals surface area (Å²) in [5.41, 5.74) is 0.712. The van der Waals surface area contributed by atoms with Gasteiger partial charge < -0.3 is 15.7 Å². The molecule has 0 radical (unpaired) electrons. The van der Waals surface area contributed by atoms with Crippen LogP contribution in [0.1, 0.15) is 23.2 Å². The number of nitrogens with zero attached hydrogens (tertiary/aromatic N) is 1. The summed E-state index contributed by atoms with van der Waals surface area (Å²) in [4.78, 5) is 36.8. The van der Waals surface area contributed by atoms with Gasteiger partial charge in [-0.3, -0.25) is 9.69 Å². The van der Waals surface area contributed by atoms with Crippen molar-refractivity contribution in [3.63, 3.8) is 0 Å². The lowest BCUT2D eigenvalue weighted by molar-refractivity contribution is -0.139. The minimum Gasteiger partial charge on any atom is -0.480 e. The molecule has 1 aliphatic carbocycles. The summed E-state index contributed by atoms with van der Waals surface area (Å²) in [5, 5.41) is 14.6. The van der Waals surface area contributed by atoms with E-state index in [0.717, 1.165) is 12.8 Å². The van der Waals surface area contributed by atoms with Crippen LogP contribution in [0.5, 0.6) is 0 Å². The van der Waals surface area contributed by atoms with Gasteiger partial charge in [0.15, 0.2) is 0 Å². The summed E-state index contributed by atoms with van der Waals surface area (Å²) in [6, 6.07) is 3.55. The summed E-state index contributed by atoms with van der Waals surface area (Å²) in [6.07, 6.45) is 1.58. The van der Waals surface area contributed by atoms with Gasteiger partial charge in [-0.05, 0) is 37.0 Å². The van der Waals surface area contributed by atoms with E-state index < -0.39 is 17.9 Å². The predicted molar refractivity (Wildman–Crippen MR) is 83.8 cm³/mol. The second-order valence-electron chi connectivity index (χ2n) is 5.67. The van der Waals surface area contributed by atoms with Crippen LogP contribution in [0.15, 0.2) is 18.2 Å². The normalized spacial score (nSPS) is 18.5. The van der Waals surface area contributed by atoms with Gasteiger partial charge in [-0.1, -0.05) is 11.6 Å². The topological polar surface area (TPSA) is 98.7 Å². The van der Waals surface area contributed by atoms with Gasteiger partial charge in [0.1, 0.15) is 6.04 Å². The van der Waals surface area contributed by atoms with Crippen LogP contribution in [0, 0.1) is 5.92 Å². The SMILES string of the molecule is O=C(NC(C(=O)O)C1CC1)c1cc(N2CCNC2=O)ccc1Cl. The number of rotatable bonds is 5. The molecule has 122 valence electrons. The van der Waals surface area contributed by atoms with E-state index in [1.165, 1.54) is 17.0 Å². The van der Waals surface area contributed by atoms with Crippen LogP contribution in [-0.2, 0) is 4.79 Å². The Balaban J connectivity index is 1.82. The third-order valence-electron chi connectivity index (χ3n) is 4.01. The number of carboxylic acids is 1. The highest BCUT2D eigenvalue weighted by Crippen LogP contribution is 2.33. The van der Waals surface area contributed by atoms with Crippen molar-refractivity contribution in [3.8, 4) is 0 Å². The van der Waals surface area contributed by atoms with Crippen LogP contribution >= 0.6 is 11.6 Å². The molecule has 1 unspecified atom stereocenters. The molecular formula is C15H16ClN3O4. The van der Waals surface area contributed by atoms with Crippen molar-refractivity contribution in [2.24, 2.45) is 5.92 Å². The maximum atomic E-state index is 12.4. The Morgan fingerprint density at radius 3 is 2.70 bits per heavy atom. The highest BCUT2D eigenvalue weighted by molar-refractivity contribution is 6.34. The molecule has 3 rings (SSSR count). The molecule has 0 spiro atoms. The average Bonchev–Trinajstić information content (AvgIpc) is 3.26. The smallest absolute Gasteiger partial charge is 0.326 e. The van der Waals surface area contributed by atoms with Crippen molar-refractivity contribution in [2.45, 2.75) is 18.9 Å². The lowest BCUT2D eigenvalue weighted by Crippen LogP contribution is -2.42. The van der Waals surface area contributed by atoms with Crippen molar-refractivity contribution >= 4 is 35.2 Å². The molecule has 1 aromatic rings. The highest BCUT2D eigenvalue weighted by atomic mass is 35.5.